The number of thioether (sulfide) groups is 1. The fourth-order valence-electron chi connectivity index (χ4n) is 1.73. The molecule has 1 aromatic heterocycles. The van der Waals surface area contributed by atoms with Crippen molar-refractivity contribution in [3.8, 4) is 0 Å². The van der Waals surface area contributed by atoms with Crippen LogP contribution in [-0.2, 0) is 11.2 Å². The van der Waals surface area contributed by atoms with Crippen LogP contribution in [0.3, 0.4) is 0 Å². The molecule has 0 bridgehead atoms. The standard InChI is InChI=1S/C12H16N2O2S2/c15-11(4-6-14-7-9-18-12(14)16)13-5-3-10-2-1-8-17-10/h1-2,8H,3-7,9H2,(H,13,15). The number of thiophene rings is 1. The zero-order valence-electron chi connectivity index (χ0n) is 10.1. The first kappa shape index (κ1) is 13.4. The third-order valence-corrected chi connectivity index (χ3v) is 4.56. The minimum Gasteiger partial charge on any atom is -0.356 e. The Balaban J connectivity index is 1.59. The predicted molar refractivity (Wildman–Crippen MR) is 75.1 cm³/mol. The summed E-state index contributed by atoms with van der Waals surface area (Å²) in [5, 5.41) is 5.02. The van der Waals surface area contributed by atoms with Crippen LogP contribution in [0.25, 0.3) is 0 Å². The summed E-state index contributed by atoms with van der Waals surface area (Å²) in [6.07, 6.45) is 1.28. The highest BCUT2D eigenvalue weighted by molar-refractivity contribution is 8.13. The minimum atomic E-state index is 0.0243. The Labute approximate surface area is 115 Å². The number of nitrogens with one attached hydrogen (secondary N) is 1. The topological polar surface area (TPSA) is 49.4 Å². The van der Waals surface area contributed by atoms with Gasteiger partial charge in [-0.05, 0) is 17.9 Å². The van der Waals surface area contributed by atoms with E-state index in [1.165, 1.54) is 16.6 Å². The summed E-state index contributed by atoms with van der Waals surface area (Å²) in [7, 11) is 0. The molecule has 6 heteroatoms. The molecule has 18 heavy (non-hydrogen) atoms. The summed E-state index contributed by atoms with van der Waals surface area (Å²) in [5.74, 6) is 0.870. The summed E-state index contributed by atoms with van der Waals surface area (Å²) in [6.45, 7) is 1.98. The molecule has 1 aliphatic heterocycles. The molecule has 1 aromatic rings. The monoisotopic (exact) mass is 284 g/mol. The Hall–Kier alpha value is -1.01. The third-order valence-electron chi connectivity index (χ3n) is 2.73. The lowest BCUT2D eigenvalue weighted by molar-refractivity contribution is -0.121. The largest absolute Gasteiger partial charge is 0.356 e. The van der Waals surface area contributed by atoms with Gasteiger partial charge >= 0.3 is 0 Å². The van der Waals surface area contributed by atoms with Crippen molar-refractivity contribution in [2.24, 2.45) is 0 Å². The highest BCUT2D eigenvalue weighted by Crippen LogP contribution is 2.16. The Morgan fingerprint density at radius 1 is 1.50 bits per heavy atom. The maximum Gasteiger partial charge on any atom is 0.281 e. The number of carbonyl (C=O) groups is 2. The lowest BCUT2D eigenvalue weighted by Gasteiger charge is -2.13. The average molecular weight is 284 g/mol. The summed E-state index contributed by atoms with van der Waals surface area (Å²) in [6, 6.07) is 4.08. The van der Waals surface area contributed by atoms with Gasteiger partial charge in [0.1, 0.15) is 0 Å². The molecule has 2 amide bonds. The Bertz CT molecular complexity index is 406. The first-order valence-electron chi connectivity index (χ1n) is 5.96. The van der Waals surface area contributed by atoms with Gasteiger partial charge < -0.3 is 10.2 Å². The van der Waals surface area contributed by atoms with E-state index in [0.717, 1.165) is 18.7 Å². The van der Waals surface area contributed by atoms with E-state index in [-0.39, 0.29) is 11.1 Å². The molecule has 0 radical (unpaired) electrons. The number of rotatable bonds is 6. The van der Waals surface area contributed by atoms with Crippen LogP contribution in [0, 0.1) is 0 Å². The lowest BCUT2D eigenvalue weighted by atomic mass is 10.3. The summed E-state index contributed by atoms with van der Waals surface area (Å²) in [4.78, 5) is 25.9. The molecule has 0 aromatic carbocycles. The van der Waals surface area contributed by atoms with Crippen LogP contribution in [0.1, 0.15) is 11.3 Å². The summed E-state index contributed by atoms with van der Waals surface area (Å²) < 4.78 is 0. The molecule has 0 unspecified atom stereocenters. The van der Waals surface area contributed by atoms with Crippen molar-refractivity contribution in [1.82, 2.24) is 10.2 Å². The first-order valence-corrected chi connectivity index (χ1v) is 7.83. The molecule has 0 aliphatic carbocycles. The second-order valence-corrected chi connectivity index (χ2v) is 6.11. The second-order valence-electron chi connectivity index (χ2n) is 4.03. The van der Waals surface area contributed by atoms with Gasteiger partial charge in [0.2, 0.25) is 5.91 Å². The molecule has 98 valence electrons. The molecular weight excluding hydrogens is 268 g/mol. The van der Waals surface area contributed by atoms with Gasteiger partial charge in [0.15, 0.2) is 0 Å². The number of amides is 2. The molecule has 2 rings (SSSR count). The minimum absolute atomic E-state index is 0.0243. The number of hydrogen-bond donors (Lipinski definition) is 1. The van der Waals surface area contributed by atoms with Crippen LogP contribution >= 0.6 is 23.1 Å². The van der Waals surface area contributed by atoms with Crippen LogP contribution in [-0.4, -0.2) is 41.4 Å². The second kappa shape index (κ2) is 6.80. The normalized spacial score (nSPS) is 15.1. The van der Waals surface area contributed by atoms with Gasteiger partial charge in [-0.25, -0.2) is 0 Å². The van der Waals surface area contributed by atoms with Gasteiger partial charge in [0.05, 0.1) is 0 Å². The van der Waals surface area contributed by atoms with Crippen LogP contribution in [0.5, 0.6) is 0 Å². The van der Waals surface area contributed by atoms with Crippen molar-refractivity contribution in [2.45, 2.75) is 12.8 Å². The van der Waals surface area contributed by atoms with E-state index in [1.54, 1.807) is 16.2 Å². The quantitative estimate of drug-likeness (QED) is 0.869. The van der Waals surface area contributed by atoms with Crippen LogP contribution < -0.4 is 5.32 Å². The van der Waals surface area contributed by atoms with Crippen LogP contribution in [0.4, 0.5) is 4.79 Å². The number of nitrogens with zero attached hydrogens (tertiary/aromatic N) is 1. The molecule has 4 nitrogen and oxygen atoms in total. The van der Waals surface area contributed by atoms with Gasteiger partial charge in [0, 0.05) is 36.7 Å². The van der Waals surface area contributed by atoms with Gasteiger partial charge in [-0.15, -0.1) is 11.3 Å². The molecule has 1 saturated heterocycles. The maximum absolute atomic E-state index is 11.6. The summed E-state index contributed by atoms with van der Waals surface area (Å²) in [5.41, 5.74) is 0. The van der Waals surface area contributed by atoms with E-state index >= 15 is 0 Å². The van der Waals surface area contributed by atoms with Gasteiger partial charge in [-0.1, -0.05) is 17.8 Å². The first-order chi connectivity index (χ1) is 8.75. The van der Waals surface area contributed by atoms with Crippen LogP contribution in [0.2, 0.25) is 0 Å². The molecule has 1 N–H and O–H groups in total. The van der Waals surface area contributed by atoms with Crippen LogP contribution in [0.15, 0.2) is 17.5 Å². The molecule has 2 heterocycles. The Kier molecular flexibility index (Phi) is 5.07. The molecule has 0 atom stereocenters. The SMILES string of the molecule is O=C(CCN1CCSC1=O)NCCc1cccs1. The molecule has 0 spiro atoms. The average Bonchev–Trinajstić information content (AvgIpc) is 2.98. The zero-order valence-corrected chi connectivity index (χ0v) is 11.7. The van der Waals surface area contributed by atoms with Crippen molar-refractivity contribution in [3.63, 3.8) is 0 Å². The molecular formula is C12H16N2O2S2. The van der Waals surface area contributed by atoms with E-state index in [2.05, 4.69) is 11.4 Å². The zero-order chi connectivity index (χ0) is 12.8. The van der Waals surface area contributed by atoms with E-state index in [0.29, 0.717) is 19.5 Å². The lowest BCUT2D eigenvalue weighted by Crippen LogP contribution is -2.31. The Morgan fingerprint density at radius 2 is 2.39 bits per heavy atom. The number of hydrogen-bond acceptors (Lipinski definition) is 4. The van der Waals surface area contributed by atoms with Gasteiger partial charge in [-0.3, -0.25) is 9.59 Å². The van der Waals surface area contributed by atoms with Crippen molar-refractivity contribution in [1.29, 1.82) is 0 Å². The van der Waals surface area contributed by atoms with E-state index < -0.39 is 0 Å². The number of carbonyl (C=O) groups excluding carboxylic acids is 2. The molecule has 1 fully saturated rings. The van der Waals surface area contributed by atoms with E-state index in [9.17, 15) is 9.59 Å². The summed E-state index contributed by atoms with van der Waals surface area (Å²) >= 11 is 3.03. The Morgan fingerprint density at radius 3 is 3.06 bits per heavy atom. The smallest absolute Gasteiger partial charge is 0.281 e. The maximum atomic E-state index is 11.6. The fraction of sp³-hybridized carbons (Fsp3) is 0.500. The van der Waals surface area contributed by atoms with Crippen molar-refractivity contribution >= 4 is 34.2 Å². The highest BCUT2D eigenvalue weighted by atomic mass is 32.2. The molecule has 0 saturated carbocycles. The predicted octanol–water partition coefficient (Wildman–Crippen LogP) is 1.97. The van der Waals surface area contributed by atoms with Crippen molar-refractivity contribution in [3.05, 3.63) is 22.4 Å². The van der Waals surface area contributed by atoms with Gasteiger partial charge in [-0.2, -0.15) is 0 Å². The van der Waals surface area contributed by atoms with E-state index in [1.807, 2.05) is 11.4 Å². The van der Waals surface area contributed by atoms with E-state index in [4.69, 9.17) is 0 Å². The highest BCUT2D eigenvalue weighted by Gasteiger charge is 2.21. The van der Waals surface area contributed by atoms with Crippen molar-refractivity contribution < 1.29 is 9.59 Å². The fourth-order valence-corrected chi connectivity index (χ4v) is 3.29. The van der Waals surface area contributed by atoms with Gasteiger partial charge in [0.25, 0.3) is 5.24 Å². The molecule has 1 aliphatic rings. The third kappa shape index (κ3) is 4.03. The van der Waals surface area contributed by atoms with Crippen molar-refractivity contribution in [2.75, 3.05) is 25.4 Å².